The number of hydrogen-bond acceptors (Lipinski definition) is 6. The SMILES string of the molecule is COc1ccc2cc1Oc1cc(ccc1O)CCC(=O)N[C@@H]1CN(C(=O)CCc3nc4ccccc4[nH]3)C[C@@H]21. The second kappa shape index (κ2) is 10.3. The summed E-state index contributed by atoms with van der Waals surface area (Å²) in [7, 11) is 1.56. The summed E-state index contributed by atoms with van der Waals surface area (Å²) < 4.78 is 11.6. The molecule has 0 unspecified atom stereocenters. The van der Waals surface area contributed by atoms with Gasteiger partial charge >= 0.3 is 0 Å². The monoisotopic (exact) mass is 526 g/mol. The number of amides is 2. The molecule has 9 nitrogen and oxygen atoms in total. The van der Waals surface area contributed by atoms with Crippen molar-refractivity contribution in [3.8, 4) is 23.0 Å². The van der Waals surface area contributed by atoms with E-state index in [4.69, 9.17) is 9.47 Å². The maximum Gasteiger partial charge on any atom is 0.223 e. The number of rotatable bonds is 4. The molecular weight excluding hydrogens is 496 g/mol. The van der Waals surface area contributed by atoms with Crippen molar-refractivity contribution in [2.24, 2.45) is 0 Å². The Balaban J connectivity index is 1.25. The van der Waals surface area contributed by atoms with Gasteiger partial charge in [0.15, 0.2) is 23.0 Å². The second-order valence-corrected chi connectivity index (χ2v) is 10.1. The van der Waals surface area contributed by atoms with Gasteiger partial charge in [0.05, 0.1) is 24.2 Å². The van der Waals surface area contributed by atoms with Gasteiger partial charge in [0.2, 0.25) is 11.8 Å². The van der Waals surface area contributed by atoms with E-state index in [1.165, 1.54) is 0 Å². The molecule has 0 spiro atoms. The number of hydrogen-bond donors (Lipinski definition) is 3. The molecule has 2 atom stereocenters. The van der Waals surface area contributed by atoms with Crippen molar-refractivity contribution >= 4 is 22.8 Å². The van der Waals surface area contributed by atoms with Gasteiger partial charge in [0.1, 0.15) is 5.82 Å². The largest absolute Gasteiger partial charge is 0.504 e. The summed E-state index contributed by atoms with van der Waals surface area (Å²) in [5, 5.41) is 13.6. The van der Waals surface area contributed by atoms with Gasteiger partial charge in [-0.05, 0) is 53.9 Å². The minimum Gasteiger partial charge on any atom is -0.504 e. The molecule has 4 aromatic rings. The van der Waals surface area contributed by atoms with Crippen LogP contribution >= 0.6 is 0 Å². The lowest BCUT2D eigenvalue weighted by Gasteiger charge is -2.21. The number of fused-ring (bicyclic) bond motifs is 7. The number of carbonyl (C=O) groups is 2. The van der Waals surface area contributed by atoms with Gasteiger partial charge in [-0.3, -0.25) is 9.59 Å². The third-order valence-electron chi connectivity index (χ3n) is 7.53. The van der Waals surface area contributed by atoms with Crippen LogP contribution in [0.5, 0.6) is 23.0 Å². The number of H-pyrrole nitrogens is 1. The number of likely N-dealkylation sites (tertiary alicyclic amines) is 1. The summed E-state index contributed by atoms with van der Waals surface area (Å²) in [5.41, 5.74) is 3.62. The molecule has 0 saturated carbocycles. The lowest BCUT2D eigenvalue weighted by Crippen LogP contribution is -2.40. The molecule has 2 amide bonds. The van der Waals surface area contributed by atoms with Gasteiger partial charge in [-0.1, -0.05) is 24.3 Å². The average Bonchev–Trinajstić information content (AvgIpc) is 3.56. The summed E-state index contributed by atoms with van der Waals surface area (Å²) in [6.07, 6.45) is 1.61. The number of carbonyl (C=O) groups excluding carboxylic acids is 2. The normalized spacial score (nSPS) is 18.8. The van der Waals surface area contributed by atoms with E-state index in [0.717, 1.165) is 28.0 Å². The molecule has 39 heavy (non-hydrogen) atoms. The Bertz CT molecular complexity index is 1510. The van der Waals surface area contributed by atoms with E-state index in [-0.39, 0.29) is 35.9 Å². The lowest BCUT2D eigenvalue weighted by atomic mass is 9.93. The number of imidazole rings is 1. The van der Waals surface area contributed by atoms with Crippen LogP contribution in [0.2, 0.25) is 0 Å². The van der Waals surface area contributed by atoms with Crippen molar-refractivity contribution in [3.63, 3.8) is 0 Å². The zero-order valence-corrected chi connectivity index (χ0v) is 21.6. The molecule has 1 saturated heterocycles. The number of para-hydroxylation sites is 2. The number of phenolic OH excluding ortho intramolecular Hbond substituents is 1. The maximum absolute atomic E-state index is 13.3. The Morgan fingerprint density at radius 1 is 1.10 bits per heavy atom. The minimum absolute atomic E-state index is 0.00509. The molecule has 200 valence electrons. The van der Waals surface area contributed by atoms with Gasteiger partial charge in [-0.2, -0.15) is 0 Å². The summed E-state index contributed by atoms with van der Waals surface area (Å²) in [5.74, 6) is 1.88. The van der Waals surface area contributed by atoms with E-state index < -0.39 is 0 Å². The fourth-order valence-electron chi connectivity index (χ4n) is 5.45. The van der Waals surface area contributed by atoms with Crippen LogP contribution in [-0.4, -0.2) is 58.0 Å². The quantitative estimate of drug-likeness (QED) is 0.369. The first kappa shape index (κ1) is 24.8. The molecule has 6 rings (SSSR count). The number of nitrogens with zero attached hydrogens (tertiary/aromatic N) is 2. The number of aromatic hydroxyl groups is 1. The average molecular weight is 527 g/mol. The van der Waals surface area contributed by atoms with Crippen LogP contribution in [0.4, 0.5) is 0 Å². The molecule has 0 aliphatic carbocycles. The number of aromatic nitrogens is 2. The first-order chi connectivity index (χ1) is 19.0. The number of phenols is 1. The molecule has 3 heterocycles. The van der Waals surface area contributed by atoms with Gasteiger partial charge in [-0.25, -0.2) is 4.98 Å². The molecule has 3 N–H and O–H groups in total. The molecule has 0 radical (unpaired) electrons. The van der Waals surface area contributed by atoms with Crippen molar-refractivity contribution in [1.29, 1.82) is 0 Å². The fourth-order valence-corrected chi connectivity index (χ4v) is 5.45. The topological polar surface area (TPSA) is 117 Å². The summed E-state index contributed by atoms with van der Waals surface area (Å²) >= 11 is 0. The van der Waals surface area contributed by atoms with Gasteiger partial charge < -0.3 is 29.8 Å². The number of benzene rings is 3. The number of ether oxygens (including phenoxy) is 2. The van der Waals surface area contributed by atoms with Crippen LogP contribution in [-0.2, 0) is 22.4 Å². The number of aromatic amines is 1. The molecule has 1 fully saturated rings. The summed E-state index contributed by atoms with van der Waals surface area (Å²) in [4.78, 5) is 35.9. The second-order valence-electron chi connectivity index (χ2n) is 10.1. The zero-order chi connectivity index (χ0) is 26.9. The Hall–Kier alpha value is -4.53. The Morgan fingerprint density at radius 2 is 1.97 bits per heavy atom. The van der Waals surface area contributed by atoms with Gasteiger partial charge in [-0.15, -0.1) is 0 Å². The highest BCUT2D eigenvalue weighted by Gasteiger charge is 2.37. The molecule has 2 aliphatic rings. The van der Waals surface area contributed by atoms with Crippen LogP contribution in [0.15, 0.2) is 60.7 Å². The van der Waals surface area contributed by atoms with Crippen LogP contribution in [0.3, 0.4) is 0 Å². The minimum atomic E-state index is -0.244. The zero-order valence-electron chi connectivity index (χ0n) is 21.6. The van der Waals surface area contributed by atoms with Crippen molar-refractivity contribution in [2.45, 2.75) is 37.6 Å². The molecule has 2 aliphatic heterocycles. The third kappa shape index (κ3) is 5.12. The Kier molecular flexibility index (Phi) is 6.56. The van der Waals surface area contributed by atoms with E-state index in [9.17, 15) is 14.7 Å². The van der Waals surface area contributed by atoms with Crippen LogP contribution in [0.1, 0.15) is 35.7 Å². The predicted molar refractivity (Wildman–Crippen MR) is 145 cm³/mol. The first-order valence-corrected chi connectivity index (χ1v) is 13.2. The number of aryl methyl sites for hydroxylation is 2. The Morgan fingerprint density at radius 3 is 2.82 bits per heavy atom. The molecule has 4 bridgehead atoms. The molecule has 3 aromatic carbocycles. The van der Waals surface area contributed by atoms with Gasteiger partial charge in [0.25, 0.3) is 0 Å². The van der Waals surface area contributed by atoms with Crippen LogP contribution < -0.4 is 14.8 Å². The van der Waals surface area contributed by atoms with E-state index in [1.807, 2.05) is 47.4 Å². The van der Waals surface area contributed by atoms with Crippen molar-refractivity contribution in [2.75, 3.05) is 20.2 Å². The highest BCUT2D eigenvalue weighted by atomic mass is 16.5. The fraction of sp³-hybridized carbons (Fsp3) is 0.300. The Labute approximate surface area is 225 Å². The molecule has 1 aromatic heterocycles. The maximum atomic E-state index is 13.3. The van der Waals surface area contributed by atoms with E-state index in [0.29, 0.717) is 49.6 Å². The highest BCUT2D eigenvalue weighted by molar-refractivity contribution is 5.79. The smallest absolute Gasteiger partial charge is 0.223 e. The lowest BCUT2D eigenvalue weighted by molar-refractivity contribution is -0.130. The van der Waals surface area contributed by atoms with Crippen molar-refractivity contribution < 1.29 is 24.2 Å². The number of methoxy groups -OCH3 is 1. The van der Waals surface area contributed by atoms with E-state index in [2.05, 4.69) is 15.3 Å². The molecular formula is C30H30N4O5. The number of nitrogens with one attached hydrogen (secondary N) is 2. The highest BCUT2D eigenvalue weighted by Crippen LogP contribution is 2.40. The van der Waals surface area contributed by atoms with Crippen LogP contribution in [0.25, 0.3) is 11.0 Å². The molecule has 9 heteroatoms. The standard InChI is InChI=1S/C30H30N4O5/c1-38-25-10-8-19-15-27(25)39-26-14-18(6-9-24(26)35)7-12-29(36)33-23-17-34(16-20(19)23)30(37)13-11-28-31-21-4-2-3-5-22(21)32-28/h2-6,8-10,14-15,20,23,35H,7,11-13,16-17H2,1H3,(H,31,32)(H,33,36)/t20-,23+/m0/s1. The van der Waals surface area contributed by atoms with Gasteiger partial charge in [0, 0.05) is 38.3 Å². The first-order valence-electron chi connectivity index (χ1n) is 13.2. The summed E-state index contributed by atoms with van der Waals surface area (Å²) in [6.45, 7) is 0.890. The van der Waals surface area contributed by atoms with E-state index >= 15 is 0 Å². The summed E-state index contributed by atoms with van der Waals surface area (Å²) in [6, 6.07) is 18.3. The van der Waals surface area contributed by atoms with Crippen LogP contribution in [0, 0.1) is 0 Å². The third-order valence-corrected chi connectivity index (χ3v) is 7.53. The van der Waals surface area contributed by atoms with E-state index in [1.54, 1.807) is 25.3 Å². The van der Waals surface area contributed by atoms with Crippen molar-refractivity contribution in [3.05, 3.63) is 77.6 Å². The predicted octanol–water partition coefficient (Wildman–Crippen LogP) is 4.06. The van der Waals surface area contributed by atoms with Crippen molar-refractivity contribution in [1.82, 2.24) is 20.2 Å².